The molecule has 2 nitrogen and oxygen atoms in total. The van der Waals surface area contributed by atoms with Gasteiger partial charge in [0.1, 0.15) is 11.9 Å². The van der Waals surface area contributed by atoms with Crippen LogP contribution in [0, 0.1) is 12.7 Å². The van der Waals surface area contributed by atoms with Gasteiger partial charge in [-0.15, -0.1) is 0 Å². The van der Waals surface area contributed by atoms with Crippen LogP contribution in [0.15, 0.2) is 54.6 Å². The summed E-state index contributed by atoms with van der Waals surface area (Å²) in [6, 6.07) is 15.8. The van der Waals surface area contributed by atoms with Gasteiger partial charge in [-0.1, -0.05) is 30.3 Å². The number of nitrogens with zero attached hydrogens (tertiary/aromatic N) is 1. The van der Waals surface area contributed by atoms with Crippen LogP contribution in [-0.2, 0) is 0 Å². The summed E-state index contributed by atoms with van der Waals surface area (Å²) in [7, 11) is 0. The van der Waals surface area contributed by atoms with Crippen molar-refractivity contribution in [3.8, 4) is 0 Å². The summed E-state index contributed by atoms with van der Waals surface area (Å²) in [5.74, 6) is -0.356. The van der Waals surface area contributed by atoms with Gasteiger partial charge >= 0.3 is 0 Å². The van der Waals surface area contributed by atoms with Gasteiger partial charge in [-0.2, -0.15) is 0 Å². The predicted octanol–water partition coefficient (Wildman–Crippen LogP) is 3.76. The molecular formula is C17H14FNO. The average molecular weight is 267 g/mol. The third-order valence-corrected chi connectivity index (χ3v) is 3.44. The largest absolute Gasteiger partial charge is 0.382 e. The van der Waals surface area contributed by atoms with E-state index in [1.807, 2.05) is 37.3 Å². The number of halogens is 1. The number of fused-ring (bicyclic) bond motifs is 1. The highest BCUT2D eigenvalue weighted by molar-refractivity contribution is 5.78. The molecule has 1 N–H and O–H groups in total. The lowest BCUT2D eigenvalue weighted by Crippen LogP contribution is -2.05. The second-order valence-electron chi connectivity index (χ2n) is 4.83. The first-order valence-electron chi connectivity index (χ1n) is 6.45. The quantitative estimate of drug-likeness (QED) is 0.766. The topological polar surface area (TPSA) is 33.1 Å². The molecule has 0 saturated heterocycles. The van der Waals surface area contributed by atoms with Crippen molar-refractivity contribution >= 4 is 10.9 Å². The Morgan fingerprint density at radius 3 is 2.70 bits per heavy atom. The molecule has 1 unspecified atom stereocenters. The van der Waals surface area contributed by atoms with Gasteiger partial charge in [-0.3, -0.25) is 0 Å². The second-order valence-corrected chi connectivity index (χ2v) is 4.83. The molecular weight excluding hydrogens is 253 g/mol. The van der Waals surface area contributed by atoms with Crippen molar-refractivity contribution in [3.63, 3.8) is 0 Å². The molecule has 0 amide bonds. The Morgan fingerprint density at radius 1 is 1.05 bits per heavy atom. The Hall–Kier alpha value is -2.26. The Labute approximate surface area is 116 Å². The summed E-state index contributed by atoms with van der Waals surface area (Å²) < 4.78 is 13.3. The molecule has 1 aromatic heterocycles. The molecule has 0 bridgehead atoms. The average Bonchev–Trinajstić information content (AvgIpc) is 2.48. The lowest BCUT2D eigenvalue weighted by atomic mass is 10.00. The molecule has 0 aliphatic rings. The number of rotatable bonds is 2. The van der Waals surface area contributed by atoms with E-state index < -0.39 is 6.10 Å². The smallest absolute Gasteiger partial charge is 0.123 e. The molecule has 0 aliphatic carbocycles. The summed E-state index contributed by atoms with van der Waals surface area (Å²) in [5.41, 5.74) is 2.73. The zero-order valence-corrected chi connectivity index (χ0v) is 11.0. The maximum atomic E-state index is 13.3. The summed E-state index contributed by atoms with van der Waals surface area (Å²) in [4.78, 5) is 4.45. The molecule has 1 atom stereocenters. The van der Waals surface area contributed by atoms with Gasteiger partial charge < -0.3 is 5.11 Å². The molecule has 3 heteroatoms. The molecule has 20 heavy (non-hydrogen) atoms. The number of aromatic nitrogens is 1. The number of pyridine rings is 1. The fraction of sp³-hybridized carbons (Fsp3) is 0.118. The van der Waals surface area contributed by atoms with Gasteiger partial charge in [0.2, 0.25) is 0 Å². The highest BCUT2D eigenvalue weighted by Crippen LogP contribution is 2.25. The van der Waals surface area contributed by atoms with E-state index in [1.165, 1.54) is 12.1 Å². The number of hydrogen-bond donors (Lipinski definition) is 1. The Balaban J connectivity index is 2.07. The molecule has 0 fully saturated rings. The van der Waals surface area contributed by atoms with Crippen LogP contribution in [0.3, 0.4) is 0 Å². The van der Waals surface area contributed by atoms with Crippen molar-refractivity contribution in [2.45, 2.75) is 13.0 Å². The van der Waals surface area contributed by atoms with Crippen molar-refractivity contribution < 1.29 is 9.50 Å². The van der Waals surface area contributed by atoms with E-state index in [1.54, 1.807) is 12.1 Å². The van der Waals surface area contributed by atoms with E-state index in [0.29, 0.717) is 11.3 Å². The summed E-state index contributed by atoms with van der Waals surface area (Å²) in [5, 5.41) is 11.4. The zero-order chi connectivity index (χ0) is 14.1. The summed E-state index contributed by atoms with van der Waals surface area (Å²) >= 11 is 0. The van der Waals surface area contributed by atoms with E-state index in [9.17, 15) is 9.50 Å². The summed E-state index contributed by atoms with van der Waals surface area (Å²) in [6.07, 6.45) is -0.921. The van der Waals surface area contributed by atoms with Crippen molar-refractivity contribution in [1.82, 2.24) is 4.98 Å². The molecule has 3 rings (SSSR count). The van der Waals surface area contributed by atoms with Crippen LogP contribution in [0.2, 0.25) is 0 Å². The van der Waals surface area contributed by atoms with Crippen molar-refractivity contribution in [2.24, 2.45) is 0 Å². The van der Waals surface area contributed by atoms with Gasteiger partial charge in [0.05, 0.1) is 11.2 Å². The molecule has 100 valence electrons. The molecule has 0 saturated carbocycles. The Kier molecular flexibility index (Phi) is 3.20. The van der Waals surface area contributed by atoms with Crippen LogP contribution in [0.5, 0.6) is 0 Å². The molecule has 0 radical (unpaired) electrons. The number of benzene rings is 2. The predicted molar refractivity (Wildman–Crippen MR) is 76.9 cm³/mol. The van der Waals surface area contributed by atoms with E-state index in [4.69, 9.17) is 0 Å². The minimum absolute atomic E-state index is 0.356. The second kappa shape index (κ2) is 5.02. The Morgan fingerprint density at radius 2 is 1.85 bits per heavy atom. The van der Waals surface area contributed by atoms with Crippen LogP contribution in [-0.4, -0.2) is 10.1 Å². The standard InChI is InChI=1S/C17H14FNO/c1-11-6-8-13(18)10-14(11)17(20)16-9-7-12-4-2-3-5-15(12)19-16/h2-10,17,20H,1H3. The number of aliphatic hydroxyl groups excluding tert-OH is 1. The van der Waals surface area contributed by atoms with Crippen molar-refractivity contribution in [3.05, 3.63) is 77.2 Å². The van der Waals surface area contributed by atoms with E-state index in [2.05, 4.69) is 4.98 Å². The van der Waals surface area contributed by atoms with Crippen molar-refractivity contribution in [1.29, 1.82) is 0 Å². The molecule has 1 heterocycles. The minimum atomic E-state index is -0.921. The highest BCUT2D eigenvalue weighted by Gasteiger charge is 2.15. The lowest BCUT2D eigenvalue weighted by Gasteiger charge is -2.14. The fourth-order valence-corrected chi connectivity index (χ4v) is 2.30. The number of aryl methyl sites for hydroxylation is 1. The monoisotopic (exact) mass is 267 g/mol. The Bertz CT molecular complexity index is 770. The van der Waals surface area contributed by atoms with Gasteiger partial charge in [-0.25, -0.2) is 9.37 Å². The van der Waals surface area contributed by atoms with E-state index in [-0.39, 0.29) is 5.82 Å². The van der Waals surface area contributed by atoms with Crippen LogP contribution < -0.4 is 0 Å². The first-order chi connectivity index (χ1) is 9.65. The van der Waals surface area contributed by atoms with Gasteiger partial charge in [0, 0.05) is 5.39 Å². The van der Waals surface area contributed by atoms with Crippen LogP contribution in [0.1, 0.15) is 22.9 Å². The first kappa shape index (κ1) is 12.8. The number of para-hydroxylation sites is 1. The third-order valence-electron chi connectivity index (χ3n) is 3.44. The first-order valence-corrected chi connectivity index (χ1v) is 6.45. The SMILES string of the molecule is Cc1ccc(F)cc1C(O)c1ccc2ccccc2n1. The van der Waals surface area contributed by atoms with E-state index in [0.717, 1.165) is 16.5 Å². The maximum Gasteiger partial charge on any atom is 0.123 e. The molecule has 0 aliphatic heterocycles. The third kappa shape index (κ3) is 2.28. The normalized spacial score (nSPS) is 12.6. The molecule has 0 spiro atoms. The van der Waals surface area contributed by atoms with Crippen LogP contribution >= 0.6 is 0 Å². The highest BCUT2D eigenvalue weighted by atomic mass is 19.1. The molecule has 2 aromatic carbocycles. The number of aliphatic hydroxyl groups is 1. The van der Waals surface area contributed by atoms with Gasteiger partial charge in [-0.05, 0) is 42.3 Å². The van der Waals surface area contributed by atoms with Gasteiger partial charge in [0.15, 0.2) is 0 Å². The minimum Gasteiger partial charge on any atom is -0.382 e. The lowest BCUT2D eigenvalue weighted by molar-refractivity contribution is 0.214. The van der Waals surface area contributed by atoms with Gasteiger partial charge in [0.25, 0.3) is 0 Å². The maximum absolute atomic E-state index is 13.3. The zero-order valence-electron chi connectivity index (χ0n) is 11.0. The number of hydrogen-bond acceptors (Lipinski definition) is 2. The summed E-state index contributed by atoms with van der Waals surface area (Å²) in [6.45, 7) is 1.85. The van der Waals surface area contributed by atoms with E-state index >= 15 is 0 Å². The van der Waals surface area contributed by atoms with Crippen molar-refractivity contribution in [2.75, 3.05) is 0 Å². The molecule has 3 aromatic rings. The van der Waals surface area contributed by atoms with Crippen LogP contribution in [0.25, 0.3) is 10.9 Å². The fourth-order valence-electron chi connectivity index (χ4n) is 2.30. The van der Waals surface area contributed by atoms with Crippen LogP contribution in [0.4, 0.5) is 4.39 Å².